The lowest BCUT2D eigenvalue weighted by Gasteiger charge is -2.35. The summed E-state index contributed by atoms with van der Waals surface area (Å²) in [7, 11) is 4.23. The van der Waals surface area contributed by atoms with Crippen LogP contribution < -0.4 is 0 Å². The fourth-order valence-corrected chi connectivity index (χ4v) is 2.11. The molecule has 0 fully saturated rings. The van der Waals surface area contributed by atoms with Crippen LogP contribution in [-0.4, -0.2) is 52.8 Å². The highest BCUT2D eigenvalue weighted by molar-refractivity contribution is 5.92. The summed E-state index contributed by atoms with van der Waals surface area (Å²) < 4.78 is 11.4. The Hall–Kier alpha value is -2.38. The molecule has 0 aromatic carbocycles. The number of rotatable bonds is 4. The zero-order chi connectivity index (χ0) is 18.0. The van der Waals surface area contributed by atoms with Crippen molar-refractivity contribution in [3.8, 4) is 0 Å². The topological polar surface area (TPSA) is 90.7 Å². The molecule has 1 heterocycles. The largest absolute Gasteiger partial charge is 0.465 e. The summed E-state index contributed by atoms with van der Waals surface area (Å²) in [6.07, 6.45) is 1.18. The van der Waals surface area contributed by atoms with Gasteiger partial charge in [-0.15, -0.1) is 0 Å². The second-order valence-electron chi connectivity index (χ2n) is 6.33. The predicted molar refractivity (Wildman–Crippen MR) is 82.0 cm³/mol. The van der Waals surface area contributed by atoms with Crippen LogP contribution in [-0.2, 0) is 26.9 Å². The monoisotopic (exact) mass is 325 g/mol. The van der Waals surface area contributed by atoms with Crippen LogP contribution in [0.1, 0.15) is 43.7 Å². The molecule has 0 radical (unpaired) electrons. The van der Waals surface area contributed by atoms with Gasteiger partial charge < -0.3 is 14.3 Å². The molecule has 1 rings (SSSR count). The van der Waals surface area contributed by atoms with Crippen molar-refractivity contribution in [3.05, 3.63) is 17.5 Å². The third-order valence-electron chi connectivity index (χ3n) is 3.42. The van der Waals surface area contributed by atoms with E-state index in [1.165, 1.54) is 32.0 Å². The summed E-state index contributed by atoms with van der Waals surface area (Å²) >= 11 is 0. The molecule has 0 aliphatic rings. The SMILES string of the molecule is COC(=O)c1cnn(C)c1C(C)(C=O)N(C)C(=O)OC(C)(C)C. The lowest BCUT2D eigenvalue weighted by Crippen LogP contribution is -2.49. The van der Waals surface area contributed by atoms with E-state index in [1.54, 1.807) is 27.8 Å². The molecule has 0 aliphatic heterocycles. The third-order valence-corrected chi connectivity index (χ3v) is 3.42. The number of aromatic nitrogens is 2. The summed E-state index contributed by atoms with van der Waals surface area (Å²) in [6.45, 7) is 6.68. The van der Waals surface area contributed by atoms with E-state index >= 15 is 0 Å². The molecule has 1 unspecified atom stereocenters. The number of carbonyl (C=O) groups excluding carboxylic acids is 3. The molecule has 0 bridgehead atoms. The van der Waals surface area contributed by atoms with Crippen LogP contribution in [0.4, 0.5) is 4.79 Å². The van der Waals surface area contributed by atoms with Crippen LogP contribution >= 0.6 is 0 Å². The van der Waals surface area contributed by atoms with E-state index in [4.69, 9.17) is 9.47 Å². The fraction of sp³-hybridized carbons (Fsp3) is 0.600. The molecule has 0 spiro atoms. The highest BCUT2D eigenvalue weighted by Gasteiger charge is 2.42. The van der Waals surface area contributed by atoms with Crippen molar-refractivity contribution >= 4 is 18.3 Å². The maximum Gasteiger partial charge on any atom is 0.411 e. The van der Waals surface area contributed by atoms with E-state index in [1.807, 2.05) is 0 Å². The normalized spacial score (nSPS) is 13.9. The fourth-order valence-electron chi connectivity index (χ4n) is 2.11. The van der Waals surface area contributed by atoms with Crippen molar-refractivity contribution in [2.75, 3.05) is 14.2 Å². The van der Waals surface area contributed by atoms with E-state index in [0.29, 0.717) is 6.29 Å². The molecule has 1 aromatic rings. The molecule has 23 heavy (non-hydrogen) atoms. The summed E-state index contributed by atoms with van der Waals surface area (Å²) in [5.74, 6) is -0.640. The van der Waals surface area contributed by atoms with Crippen molar-refractivity contribution in [2.45, 2.75) is 38.8 Å². The third kappa shape index (κ3) is 3.69. The predicted octanol–water partition coefficient (Wildman–Crippen LogP) is 1.49. The standard InChI is InChI=1S/C15H23N3O5/c1-14(2,3)23-13(21)17(5)15(4,9-19)11-10(12(20)22-7)8-16-18(11)6/h8-9H,1-7H3. The highest BCUT2D eigenvalue weighted by Crippen LogP contribution is 2.29. The number of aldehydes is 1. The zero-order valence-electron chi connectivity index (χ0n) is 14.5. The highest BCUT2D eigenvalue weighted by atomic mass is 16.6. The molecule has 8 heteroatoms. The van der Waals surface area contributed by atoms with Crippen LogP contribution in [0, 0.1) is 0 Å². The Kier molecular flexibility index (Phi) is 5.19. The van der Waals surface area contributed by atoms with E-state index in [0.717, 1.165) is 4.90 Å². The summed E-state index contributed by atoms with van der Waals surface area (Å²) in [6, 6.07) is 0. The van der Waals surface area contributed by atoms with Gasteiger partial charge in [0, 0.05) is 14.1 Å². The number of likely N-dealkylation sites (N-methyl/N-ethyl adjacent to an activating group) is 1. The quantitative estimate of drug-likeness (QED) is 0.615. The van der Waals surface area contributed by atoms with Crippen molar-refractivity contribution in [1.29, 1.82) is 0 Å². The number of esters is 1. The van der Waals surface area contributed by atoms with Gasteiger partial charge in [0.05, 0.1) is 19.0 Å². The average molecular weight is 325 g/mol. The van der Waals surface area contributed by atoms with Crippen LogP contribution in [0.2, 0.25) is 0 Å². The first kappa shape index (κ1) is 18.7. The minimum atomic E-state index is -1.45. The first-order valence-electron chi connectivity index (χ1n) is 7.02. The summed E-state index contributed by atoms with van der Waals surface area (Å²) in [4.78, 5) is 37.2. The Balaban J connectivity index is 3.35. The number of hydrogen-bond donors (Lipinski definition) is 0. The van der Waals surface area contributed by atoms with Crippen molar-refractivity contribution in [3.63, 3.8) is 0 Å². The maximum atomic E-state index is 12.3. The first-order chi connectivity index (χ1) is 10.5. The number of carbonyl (C=O) groups is 3. The van der Waals surface area contributed by atoms with E-state index in [2.05, 4.69) is 5.10 Å². The lowest BCUT2D eigenvalue weighted by atomic mass is 9.94. The van der Waals surface area contributed by atoms with Gasteiger partial charge in [0.15, 0.2) is 6.29 Å². The second-order valence-corrected chi connectivity index (χ2v) is 6.33. The van der Waals surface area contributed by atoms with Crippen molar-refractivity contribution in [1.82, 2.24) is 14.7 Å². The number of aryl methyl sites for hydroxylation is 1. The molecule has 1 atom stereocenters. The summed E-state index contributed by atoms with van der Waals surface area (Å²) in [5, 5.41) is 3.99. The van der Waals surface area contributed by atoms with Gasteiger partial charge >= 0.3 is 12.1 Å². The van der Waals surface area contributed by atoms with Crippen molar-refractivity contribution in [2.24, 2.45) is 7.05 Å². The van der Waals surface area contributed by atoms with Gasteiger partial charge in [-0.1, -0.05) is 0 Å². The first-order valence-corrected chi connectivity index (χ1v) is 7.02. The molecule has 0 N–H and O–H groups in total. The maximum absolute atomic E-state index is 12.3. The van der Waals surface area contributed by atoms with Crippen LogP contribution in [0.15, 0.2) is 6.20 Å². The molecule has 128 valence electrons. The van der Waals surface area contributed by atoms with Gasteiger partial charge in [0.2, 0.25) is 0 Å². The Morgan fingerprint density at radius 3 is 2.30 bits per heavy atom. The van der Waals surface area contributed by atoms with Gasteiger partial charge in [0.1, 0.15) is 16.7 Å². The number of hydrogen-bond acceptors (Lipinski definition) is 6. The lowest BCUT2D eigenvalue weighted by molar-refractivity contribution is -0.118. The molecule has 8 nitrogen and oxygen atoms in total. The molecule has 0 saturated carbocycles. The summed E-state index contributed by atoms with van der Waals surface area (Å²) in [5.41, 5.74) is -1.81. The van der Waals surface area contributed by atoms with Crippen LogP contribution in [0.3, 0.4) is 0 Å². The Morgan fingerprint density at radius 2 is 1.87 bits per heavy atom. The van der Waals surface area contributed by atoms with E-state index < -0.39 is 23.2 Å². The second kappa shape index (κ2) is 6.39. The minimum absolute atomic E-state index is 0.111. The van der Waals surface area contributed by atoms with Crippen molar-refractivity contribution < 1.29 is 23.9 Å². The molecular weight excluding hydrogens is 302 g/mol. The zero-order valence-corrected chi connectivity index (χ0v) is 14.5. The van der Waals surface area contributed by atoms with Crippen LogP contribution in [0.25, 0.3) is 0 Å². The molecular formula is C15H23N3O5. The van der Waals surface area contributed by atoms with Crippen LogP contribution in [0.5, 0.6) is 0 Å². The van der Waals surface area contributed by atoms with Gasteiger partial charge in [-0.25, -0.2) is 9.59 Å². The smallest absolute Gasteiger partial charge is 0.411 e. The molecule has 0 saturated heterocycles. The molecule has 1 amide bonds. The van der Waals surface area contributed by atoms with Gasteiger partial charge in [-0.2, -0.15) is 5.10 Å². The average Bonchev–Trinajstić information content (AvgIpc) is 2.85. The number of methoxy groups -OCH3 is 1. The Labute approximate surface area is 135 Å². The minimum Gasteiger partial charge on any atom is -0.465 e. The van der Waals surface area contributed by atoms with Gasteiger partial charge in [-0.05, 0) is 27.7 Å². The number of ether oxygens (including phenoxy) is 2. The molecule has 0 aliphatic carbocycles. The Morgan fingerprint density at radius 1 is 1.30 bits per heavy atom. The van der Waals surface area contributed by atoms with E-state index in [-0.39, 0.29) is 11.3 Å². The molecule has 1 aromatic heterocycles. The number of nitrogens with zero attached hydrogens (tertiary/aromatic N) is 3. The number of amides is 1. The Bertz CT molecular complexity index is 617. The van der Waals surface area contributed by atoms with E-state index in [9.17, 15) is 14.4 Å². The van der Waals surface area contributed by atoms with Gasteiger partial charge in [-0.3, -0.25) is 9.58 Å². The van der Waals surface area contributed by atoms with Gasteiger partial charge in [0.25, 0.3) is 0 Å².